The summed E-state index contributed by atoms with van der Waals surface area (Å²) in [7, 11) is 0. The molecular weight excluding hydrogens is 250 g/mol. The molecule has 2 aliphatic rings. The van der Waals surface area contributed by atoms with Crippen LogP contribution in [0, 0.1) is 5.92 Å². The lowest BCUT2D eigenvalue weighted by atomic mass is 9.86. The number of halogens is 2. The van der Waals surface area contributed by atoms with Crippen molar-refractivity contribution in [3.05, 3.63) is 29.3 Å². The molecule has 0 bridgehead atoms. The number of carbonyl (C=O) groups excluding carboxylic acids is 1. The molecule has 1 saturated heterocycles. The molecule has 1 aromatic rings. The third kappa shape index (κ3) is 2.23. The minimum atomic E-state index is -2.82. The van der Waals surface area contributed by atoms with Crippen molar-refractivity contribution in [3.8, 4) is 0 Å². The van der Waals surface area contributed by atoms with Gasteiger partial charge in [0.2, 0.25) is 5.91 Å². The van der Waals surface area contributed by atoms with Crippen LogP contribution in [0.4, 0.5) is 14.5 Å². The van der Waals surface area contributed by atoms with Gasteiger partial charge in [0.05, 0.1) is 6.42 Å². The lowest BCUT2D eigenvalue weighted by Crippen LogP contribution is -2.36. The van der Waals surface area contributed by atoms with E-state index in [1.165, 1.54) is 12.1 Å². The van der Waals surface area contributed by atoms with Gasteiger partial charge >= 0.3 is 0 Å². The Morgan fingerprint density at radius 1 is 1.21 bits per heavy atom. The highest BCUT2D eigenvalue weighted by molar-refractivity contribution is 5.99. The second kappa shape index (κ2) is 4.56. The van der Waals surface area contributed by atoms with Gasteiger partial charge in [-0.15, -0.1) is 0 Å². The van der Waals surface area contributed by atoms with E-state index in [4.69, 9.17) is 0 Å². The van der Waals surface area contributed by atoms with E-state index in [1.807, 2.05) is 0 Å². The van der Waals surface area contributed by atoms with Crippen molar-refractivity contribution in [3.63, 3.8) is 0 Å². The summed E-state index contributed by atoms with van der Waals surface area (Å²) in [6, 6.07) is 4.51. The van der Waals surface area contributed by atoms with E-state index < -0.39 is 11.8 Å². The number of piperidine rings is 1. The van der Waals surface area contributed by atoms with Gasteiger partial charge in [0.25, 0.3) is 5.92 Å². The molecule has 2 aliphatic heterocycles. The summed E-state index contributed by atoms with van der Waals surface area (Å²) in [6.07, 6.45) is 1.17. The maximum absolute atomic E-state index is 14.5. The van der Waals surface area contributed by atoms with E-state index in [0.717, 1.165) is 0 Å². The fraction of sp³-hybridized carbons (Fsp3) is 0.500. The molecule has 0 aliphatic carbocycles. The molecule has 5 heteroatoms. The van der Waals surface area contributed by atoms with Crippen molar-refractivity contribution in [1.82, 2.24) is 5.32 Å². The standard InChI is InChI=1S/C14H16F2N2O/c15-14(16,10-3-5-17-6-4-10)11-1-2-12-9(7-11)8-13(19)18-12/h1-2,7,10,17H,3-6,8H2,(H,18,19). The third-order valence-electron chi connectivity index (χ3n) is 3.97. The second-order valence-corrected chi connectivity index (χ2v) is 5.24. The minimum Gasteiger partial charge on any atom is -0.326 e. The Kier molecular flexibility index (Phi) is 3.01. The molecule has 102 valence electrons. The molecule has 2 N–H and O–H groups in total. The van der Waals surface area contributed by atoms with Crippen LogP contribution in [0.1, 0.15) is 24.0 Å². The van der Waals surface area contributed by atoms with Crippen LogP contribution in [0.5, 0.6) is 0 Å². The summed E-state index contributed by atoms with van der Waals surface area (Å²) in [6.45, 7) is 1.29. The number of rotatable bonds is 2. The van der Waals surface area contributed by atoms with E-state index in [0.29, 0.717) is 37.2 Å². The van der Waals surface area contributed by atoms with Crippen LogP contribution in [-0.4, -0.2) is 19.0 Å². The van der Waals surface area contributed by atoms with Crippen LogP contribution in [-0.2, 0) is 17.1 Å². The van der Waals surface area contributed by atoms with Gasteiger partial charge in [-0.25, -0.2) is 8.78 Å². The number of nitrogens with one attached hydrogen (secondary N) is 2. The zero-order valence-electron chi connectivity index (χ0n) is 10.5. The monoisotopic (exact) mass is 266 g/mol. The number of amides is 1. The van der Waals surface area contributed by atoms with Crippen LogP contribution in [0.15, 0.2) is 18.2 Å². The van der Waals surface area contributed by atoms with Gasteiger partial charge in [-0.1, -0.05) is 6.07 Å². The summed E-state index contributed by atoms with van der Waals surface area (Å²) in [5.41, 5.74) is 1.38. The van der Waals surface area contributed by atoms with Crippen LogP contribution >= 0.6 is 0 Å². The number of benzene rings is 1. The highest BCUT2D eigenvalue weighted by atomic mass is 19.3. The summed E-state index contributed by atoms with van der Waals surface area (Å²) in [5.74, 6) is -3.56. The second-order valence-electron chi connectivity index (χ2n) is 5.24. The lowest BCUT2D eigenvalue weighted by molar-refractivity contribution is -0.115. The van der Waals surface area contributed by atoms with Crippen molar-refractivity contribution < 1.29 is 13.6 Å². The molecule has 0 atom stereocenters. The number of alkyl halides is 2. The van der Waals surface area contributed by atoms with Crippen LogP contribution < -0.4 is 10.6 Å². The molecule has 3 nitrogen and oxygen atoms in total. The number of hydrogen-bond acceptors (Lipinski definition) is 2. The van der Waals surface area contributed by atoms with Gasteiger partial charge in [0.15, 0.2) is 0 Å². The summed E-state index contributed by atoms with van der Waals surface area (Å²) in [4.78, 5) is 11.3. The lowest BCUT2D eigenvalue weighted by Gasteiger charge is -2.31. The van der Waals surface area contributed by atoms with Crippen molar-refractivity contribution in [2.75, 3.05) is 18.4 Å². The normalized spacial score (nSPS) is 20.2. The van der Waals surface area contributed by atoms with Crippen molar-refractivity contribution >= 4 is 11.6 Å². The zero-order chi connectivity index (χ0) is 13.5. The van der Waals surface area contributed by atoms with Gasteiger partial charge in [-0.2, -0.15) is 0 Å². The van der Waals surface area contributed by atoms with E-state index in [-0.39, 0.29) is 17.9 Å². The smallest absolute Gasteiger partial charge is 0.276 e. The predicted octanol–water partition coefficient (Wildman–Crippen LogP) is 2.27. The first-order valence-corrected chi connectivity index (χ1v) is 6.59. The zero-order valence-corrected chi connectivity index (χ0v) is 10.5. The maximum atomic E-state index is 14.5. The predicted molar refractivity (Wildman–Crippen MR) is 68.3 cm³/mol. The topological polar surface area (TPSA) is 41.1 Å². The summed E-state index contributed by atoms with van der Waals surface area (Å²) < 4.78 is 28.9. The fourth-order valence-corrected chi connectivity index (χ4v) is 2.86. The Bertz CT molecular complexity index is 510. The summed E-state index contributed by atoms with van der Waals surface area (Å²) >= 11 is 0. The van der Waals surface area contributed by atoms with Gasteiger partial charge in [-0.05, 0) is 43.6 Å². The molecule has 0 unspecified atom stereocenters. The molecular formula is C14H16F2N2O. The summed E-state index contributed by atoms with van der Waals surface area (Å²) in [5, 5.41) is 5.76. The van der Waals surface area contributed by atoms with Gasteiger partial charge < -0.3 is 10.6 Å². The largest absolute Gasteiger partial charge is 0.326 e. The van der Waals surface area contributed by atoms with Crippen molar-refractivity contribution in [2.45, 2.75) is 25.2 Å². The van der Waals surface area contributed by atoms with Gasteiger partial charge in [0, 0.05) is 17.2 Å². The number of anilines is 1. The van der Waals surface area contributed by atoms with Crippen molar-refractivity contribution in [1.29, 1.82) is 0 Å². The molecule has 0 radical (unpaired) electrons. The molecule has 0 aromatic heterocycles. The number of hydrogen-bond donors (Lipinski definition) is 2. The van der Waals surface area contributed by atoms with Gasteiger partial charge in [0.1, 0.15) is 0 Å². The first kappa shape index (κ1) is 12.5. The van der Waals surface area contributed by atoms with E-state index in [1.54, 1.807) is 6.07 Å². The van der Waals surface area contributed by atoms with Crippen molar-refractivity contribution in [2.24, 2.45) is 5.92 Å². The van der Waals surface area contributed by atoms with Crippen LogP contribution in [0.3, 0.4) is 0 Å². The van der Waals surface area contributed by atoms with E-state index >= 15 is 0 Å². The molecule has 0 saturated carbocycles. The Labute approximate surface area is 110 Å². The Balaban J connectivity index is 1.88. The minimum absolute atomic E-state index is 0.0367. The molecule has 19 heavy (non-hydrogen) atoms. The van der Waals surface area contributed by atoms with Crippen LogP contribution in [0.25, 0.3) is 0 Å². The molecule has 2 heterocycles. The quantitative estimate of drug-likeness (QED) is 0.862. The first-order chi connectivity index (χ1) is 9.07. The highest BCUT2D eigenvalue weighted by Crippen LogP contribution is 2.41. The Morgan fingerprint density at radius 3 is 2.68 bits per heavy atom. The average Bonchev–Trinajstić information content (AvgIpc) is 2.78. The van der Waals surface area contributed by atoms with Gasteiger partial charge in [-0.3, -0.25) is 4.79 Å². The number of fused-ring (bicyclic) bond motifs is 1. The SMILES string of the molecule is O=C1Cc2cc(C(F)(F)C3CCNCC3)ccc2N1. The molecule has 0 spiro atoms. The third-order valence-corrected chi connectivity index (χ3v) is 3.97. The highest BCUT2D eigenvalue weighted by Gasteiger charge is 2.42. The molecule has 3 rings (SSSR count). The molecule has 1 amide bonds. The van der Waals surface area contributed by atoms with Crippen LogP contribution in [0.2, 0.25) is 0 Å². The molecule has 1 fully saturated rings. The average molecular weight is 266 g/mol. The molecule has 1 aromatic carbocycles. The number of carbonyl (C=O) groups is 1. The maximum Gasteiger partial charge on any atom is 0.276 e. The van der Waals surface area contributed by atoms with E-state index in [2.05, 4.69) is 10.6 Å². The fourth-order valence-electron chi connectivity index (χ4n) is 2.86. The van der Waals surface area contributed by atoms with E-state index in [9.17, 15) is 13.6 Å². The Hall–Kier alpha value is -1.49. The first-order valence-electron chi connectivity index (χ1n) is 6.59. The Morgan fingerprint density at radius 2 is 1.95 bits per heavy atom.